The minimum atomic E-state index is -0.537. The van der Waals surface area contributed by atoms with Gasteiger partial charge < -0.3 is 20.0 Å². The van der Waals surface area contributed by atoms with Crippen LogP contribution in [0.3, 0.4) is 0 Å². The number of nitrogens with one attached hydrogen (secondary N) is 1. The molecule has 0 bridgehead atoms. The predicted molar refractivity (Wildman–Crippen MR) is 156 cm³/mol. The lowest BCUT2D eigenvalue weighted by Gasteiger charge is -2.38. The fourth-order valence-electron chi connectivity index (χ4n) is 5.78. The van der Waals surface area contributed by atoms with Crippen LogP contribution in [0.2, 0.25) is 0 Å². The number of fused-ring (bicyclic) bond motifs is 1. The van der Waals surface area contributed by atoms with E-state index in [1.807, 2.05) is 34.1 Å². The first-order valence-electron chi connectivity index (χ1n) is 14.2. The van der Waals surface area contributed by atoms with Crippen LogP contribution in [0.25, 0.3) is 0 Å². The van der Waals surface area contributed by atoms with E-state index >= 15 is 0 Å². The van der Waals surface area contributed by atoms with E-state index in [1.54, 1.807) is 23.1 Å². The molecule has 0 spiro atoms. The average molecular weight is 567 g/mol. The summed E-state index contributed by atoms with van der Waals surface area (Å²) in [5, 5.41) is 2.06. The molecule has 3 aliphatic rings. The molecular formula is C31H39FN4O3S. The van der Waals surface area contributed by atoms with Gasteiger partial charge in [-0.05, 0) is 48.8 Å². The van der Waals surface area contributed by atoms with Crippen molar-refractivity contribution in [3.05, 3.63) is 65.5 Å². The Morgan fingerprint density at radius 2 is 1.73 bits per heavy atom. The minimum absolute atomic E-state index is 0.0239. The van der Waals surface area contributed by atoms with Crippen LogP contribution >= 0.6 is 11.8 Å². The standard InChI is InChI=1S/C31H39FN4O3S/c1-31(2,3)15-19-36-28(38)26(40-29(36)23-9-5-6-10-24(23)32)20-27(37)34-16-13-22(14-17-34)35-18-12-21-8-4-7-11-25(21)33-30(35)39/h4-11,22,26,29H,12-20H2,1-3H3,(H,33,39). The van der Waals surface area contributed by atoms with Crippen molar-refractivity contribution in [3.8, 4) is 0 Å². The number of halogens is 1. The highest BCUT2D eigenvalue weighted by molar-refractivity contribution is 8.01. The summed E-state index contributed by atoms with van der Waals surface area (Å²) < 4.78 is 14.8. The maximum atomic E-state index is 14.8. The zero-order valence-electron chi connectivity index (χ0n) is 23.6. The molecule has 5 rings (SSSR count). The highest BCUT2D eigenvalue weighted by atomic mass is 32.2. The molecule has 0 aliphatic carbocycles. The van der Waals surface area contributed by atoms with E-state index < -0.39 is 10.6 Å². The summed E-state index contributed by atoms with van der Waals surface area (Å²) in [6, 6.07) is 14.5. The fourth-order valence-corrected chi connectivity index (χ4v) is 7.27. The van der Waals surface area contributed by atoms with E-state index in [2.05, 4.69) is 26.1 Å². The van der Waals surface area contributed by atoms with Crippen molar-refractivity contribution in [2.75, 3.05) is 31.5 Å². The Balaban J connectivity index is 1.20. The van der Waals surface area contributed by atoms with Gasteiger partial charge >= 0.3 is 6.03 Å². The number of para-hydroxylation sites is 1. The Labute approximate surface area is 240 Å². The number of carbonyl (C=O) groups excluding carboxylic acids is 3. The highest BCUT2D eigenvalue weighted by Crippen LogP contribution is 2.45. The van der Waals surface area contributed by atoms with Gasteiger partial charge in [0, 0.05) is 49.9 Å². The third kappa shape index (κ3) is 6.29. The molecular weight excluding hydrogens is 527 g/mol. The lowest BCUT2D eigenvalue weighted by atomic mass is 9.92. The lowest BCUT2D eigenvalue weighted by Crippen LogP contribution is -2.50. The van der Waals surface area contributed by atoms with E-state index in [9.17, 15) is 18.8 Å². The number of piperidine rings is 1. The number of benzene rings is 2. The number of urea groups is 1. The molecule has 2 atom stereocenters. The summed E-state index contributed by atoms with van der Waals surface area (Å²) in [6.07, 6.45) is 3.09. The zero-order valence-corrected chi connectivity index (χ0v) is 24.4. The van der Waals surface area contributed by atoms with Gasteiger partial charge in [0.15, 0.2) is 0 Å². The van der Waals surface area contributed by atoms with E-state index in [1.165, 1.54) is 17.8 Å². The van der Waals surface area contributed by atoms with Crippen molar-refractivity contribution in [2.24, 2.45) is 5.41 Å². The quantitative estimate of drug-likeness (QED) is 0.489. The highest BCUT2D eigenvalue weighted by Gasteiger charge is 2.43. The molecule has 4 amide bonds. The number of carbonyl (C=O) groups is 3. The van der Waals surface area contributed by atoms with Gasteiger partial charge in [-0.2, -0.15) is 0 Å². The Morgan fingerprint density at radius 1 is 1.02 bits per heavy atom. The van der Waals surface area contributed by atoms with Gasteiger partial charge in [-0.1, -0.05) is 57.2 Å². The fraction of sp³-hybridized carbons (Fsp3) is 0.516. The second-order valence-electron chi connectivity index (χ2n) is 12.2. The van der Waals surface area contributed by atoms with Gasteiger partial charge in [0.1, 0.15) is 11.2 Å². The second kappa shape index (κ2) is 11.8. The molecule has 0 aromatic heterocycles. The molecule has 0 radical (unpaired) electrons. The van der Waals surface area contributed by atoms with Crippen LogP contribution in [0.4, 0.5) is 14.9 Å². The summed E-state index contributed by atoms with van der Waals surface area (Å²) in [5.74, 6) is -0.475. The molecule has 40 heavy (non-hydrogen) atoms. The number of anilines is 1. The lowest BCUT2D eigenvalue weighted by molar-refractivity contribution is -0.137. The van der Waals surface area contributed by atoms with Crippen molar-refractivity contribution < 1.29 is 18.8 Å². The van der Waals surface area contributed by atoms with Crippen molar-refractivity contribution in [3.63, 3.8) is 0 Å². The number of hydrogen-bond acceptors (Lipinski definition) is 4. The molecule has 1 N–H and O–H groups in total. The number of thioether (sulfide) groups is 1. The molecule has 2 aromatic rings. The van der Waals surface area contributed by atoms with Crippen LogP contribution < -0.4 is 5.32 Å². The smallest absolute Gasteiger partial charge is 0.322 e. The topological polar surface area (TPSA) is 73.0 Å². The van der Waals surface area contributed by atoms with Gasteiger partial charge in [0.2, 0.25) is 11.8 Å². The maximum Gasteiger partial charge on any atom is 0.322 e. The average Bonchev–Trinajstić information content (AvgIpc) is 3.11. The first kappa shape index (κ1) is 28.5. The van der Waals surface area contributed by atoms with Crippen LogP contribution in [0.1, 0.15) is 63.0 Å². The van der Waals surface area contributed by atoms with Crippen LogP contribution in [0, 0.1) is 11.2 Å². The summed E-state index contributed by atoms with van der Waals surface area (Å²) in [7, 11) is 0. The Morgan fingerprint density at radius 3 is 2.45 bits per heavy atom. The Bertz CT molecular complexity index is 1260. The molecule has 9 heteroatoms. The van der Waals surface area contributed by atoms with Gasteiger partial charge in [-0.15, -0.1) is 11.8 Å². The van der Waals surface area contributed by atoms with Crippen molar-refractivity contribution in [1.82, 2.24) is 14.7 Å². The van der Waals surface area contributed by atoms with Crippen molar-refractivity contribution in [2.45, 2.75) is 69.5 Å². The number of likely N-dealkylation sites (tertiary alicyclic amines) is 1. The number of hydrogen-bond donors (Lipinski definition) is 1. The third-order valence-electron chi connectivity index (χ3n) is 8.17. The molecule has 214 valence electrons. The van der Waals surface area contributed by atoms with Gasteiger partial charge in [0.05, 0.1) is 5.25 Å². The van der Waals surface area contributed by atoms with Crippen LogP contribution in [-0.4, -0.2) is 70.0 Å². The Kier molecular flexibility index (Phi) is 8.40. The van der Waals surface area contributed by atoms with Crippen LogP contribution in [0.15, 0.2) is 48.5 Å². The molecule has 3 aliphatic heterocycles. The first-order chi connectivity index (χ1) is 19.1. The maximum absolute atomic E-state index is 14.8. The number of nitrogens with zero attached hydrogens (tertiary/aromatic N) is 3. The largest absolute Gasteiger partial charge is 0.342 e. The van der Waals surface area contributed by atoms with E-state index in [4.69, 9.17) is 0 Å². The molecule has 2 fully saturated rings. The normalized spacial score (nSPS) is 22.2. The molecule has 0 saturated carbocycles. The summed E-state index contributed by atoms with van der Waals surface area (Å²) in [6.45, 7) is 8.64. The van der Waals surface area contributed by atoms with Gasteiger partial charge in [-0.25, -0.2) is 9.18 Å². The molecule has 3 heterocycles. The number of rotatable bonds is 6. The van der Waals surface area contributed by atoms with Gasteiger partial charge in [0.25, 0.3) is 0 Å². The predicted octanol–water partition coefficient (Wildman–Crippen LogP) is 5.68. The monoisotopic (exact) mass is 566 g/mol. The van der Waals surface area contributed by atoms with E-state index in [0.29, 0.717) is 44.6 Å². The Hall–Kier alpha value is -3.07. The van der Waals surface area contributed by atoms with Crippen LogP contribution in [0.5, 0.6) is 0 Å². The SMILES string of the molecule is CC(C)(C)CCN1C(=O)C(CC(=O)N2CCC(N3CCc4ccccc4NC3=O)CC2)SC1c1ccccc1F. The van der Waals surface area contributed by atoms with Gasteiger partial charge in [-0.3, -0.25) is 9.59 Å². The summed E-state index contributed by atoms with van der Waals surface area (Å²) in [4.78, 5) is 45.3. The number of amides is 4. The molecule has 2 aromatic carbocycles. The van der Waals surface area contributed by atoms with E-state index in [-0.39, 0.29) is 41.5 Å². The third-order valence-corrected chi connectivity index (χ3v) is 9.63. The minimum Gasteiger partial charge on any atom is -0.342 e. The van der Waals surface area contributed by atoms with Crippen LogP contribution in [-0.2, 0) is 16.0 Å². The molecule has 2 saturated heterocycles. The van der Waals surface area contributed by atoms with Crippen molar-refractivity contribution in [1.29, 1.82) is 0 Å². The zero-order chi connectivity index (χ0) is 28.4. The first-order valence-corrected chi connectivity index (χ1v) is 15.2. The molecule has 7 nitrogen and oxygen atoms in total. The second-order valence-corrected chi connectivity index (χ2v) is 13.5. The molecule has 2 unspecified atom stereocenters. The van der Waals surface area contributed by atoms with E-state index in [0.717, 1.165) is 24.1 Å². The summed E-state index contributed by atoms with van der Waals surface area (Å²) in [5.41, 5.74) is 2.51. The summed E-state index contributed by atoms with van der Waals surface area (Å²) >= 11 is 1.38. The van der Waals surface area contributed by atoms with Crippen molar-refractivity contribution >= 4 is 35.3 Å².